The van der Waals surface area contributed by atoms with Crippen molar-refractivity contribution in [3.8, 4) is 0 Å². The molecule has 1 atom stereocenters. The molecule has 1 aliphatic rings. The van der Waals surface area contributed by atoms with Crippen LogP contribution in [0.2, 0.25) is 0 Å². The predicted molar refractivity (Wildman–Crippen MR) is 50.0 cm³/mol. The zero-order chi connectivity index (χ0) is 6.69. The second kappa shape index (κ2) is 3.59. The van der Waals surface area contributed by atoms with Gasteiger partial charge in [0.25, 0.3) is 0 Å². The van der Waals surface area contributed by atoms with Crippen molar-refractivity contribution in [1.82, 2.24) is 0 Å². The molecule has 0 bridgehead atoms. The van der Waals surface area contributed by atoms with Crippen LogP contribution in [0.1, 0.15) is 32.6 Å². The maximum atomic E-state index is 2.49. The van der Waals surface area contributed by atoms with Gasteiger partial charge in [-0.3, -0.25) is 0 Å². The van der Waals surface area contributed by atoms with Crippen molar-refractivity contribution in [2.75, 3.05) is 0 Å². The Kier molecular flexibility index (Phi) is 3.02. The Bertz CT molecular complexity index is 114. The van der Waals surface area contributed by atoms with Crippen molar-refractivity contribution in [2.45, 2.75) is 36.5 Å². The van der Waals surface area contributed by atoms with E-state index >= 15 is 0 Å². The predicted octanol–water partition coefficient (Wildman–Crippen LogP) is 3.31. The van der Waals surface area contributed by atoms with E-state index in [9.17, 15) is 0 Å². The molecule has 1 heteroatoms. The smallest absolute Gasteiger partial charge is 0.0290 e. The van der Waals surface area contributed by atoms with Crippen LogP contribution in [-0.2, 0) is 0 Å². The lowest BCUT2D eigenvalue weighted by atomic mass is 9.98. The molecule has 1 unspecified atom stereocenters. The summed E-state index contributed by atoms with van der Waals surface area (Å²) in [6, 6.07) is 0. The van der Waals surface area contributed by atoms with Crippen LogP contribution in [0.4, 0.5) is 0 Å². The molecule has 0 aromatic carbocycles. The van der Waals surface area contributed by atoms with Crippen LogP contribution >= 0.6 is 22.6 Å². The molecule has 0 saturated heterocycles. The van der Waals surface area contributed by atoms with Crippen molar-refractivity contribution >= 4 is 22.6 Å². The molecule has 0 heterocycles. The topological polar surface area (TPSA) is 0 Å². The van der Waals surface area contributed by atoms with E-state index in [0.717, 1.165) is 3.92 Å². The maximum Gasteiger partial charge on any atom is 0.0290 e. The molecule has 0 radical (unpaired) electrons. The summed E-state index contributed by atoms with van der Waals surface area (Å²) in [5.41, 5.74) is 1.67. The number of hydrogen-bond acceptors (Lipinski definition) is 0. The highest BCUT2D eigenvalue weighted by Gasteiger charge is 2.06. The number of allylic oxidation sites excluding steroid dienone is 2. The Morgan fingerprint density at radius 3 is 2.67 bits per heavy atom. The van der Waals surface area contributed by atoms with E-state index in [-0.39, 0.29) is 0 Å². The molecule has 0 fully saturated rings. The van der Waals surface area contributed by atoms with Gasteiger partial charge < -0.3 is 0 Å². The Morgan fingerprint density at radius 1 is 1.56 bits per heavy atom. The highest BCUT2D eigenvalue weighted by Crippen LogP contribution is 2.23. The third kappa shape index (κ3) is 2.28. The van der Waals surface area contributed by atoms with Gasteiger partial charge in [0.1, 0.15) is 0 Å². The molecule has 0 saturated carbocycles. The van der Waals surface area contributed by atoms with Gasteiger partial charge in [-0.15, -0.1) is 0 Å². The molecule has 0 amide bonds. The normalized spacial score (nSPS) is 23.1. The molecule has 1 rings (SSSR count). The van der Waals surface area contributed by atoms with E-state index < -0.39 is 0 Å². The molecule has 0 nitrogen and oxygen atoms in total. The zero-order valence-electron chi connectivity index (χ0n) is 5.86. The van der Waals surface area contributed by atoms with E-state index in [0.29, 0.717) is 0 Å². The highest BCUT2D eigenvalue weighted by atomic mass is 127. The van der Waals surface area contributed by atoms with Crippen molar-refractivity contribution in [2.24, 2.45) is 0 Å². The standard InChI is InChI=1S/C8H13I/c1-7(9)8-5-3-2-4-6-8/h5,7H,2-4,6H2,1H3. The van der Waals surface area contributed by atoms with Crippen LogP contribution in [0, 0.1) is 0 Å². The fraction of sp³-hybridized carbons (Fsp3) is 0.750. The van der Waals surface area contributed by atoms with Crippen LogP contribution in [0.15, 0.2) is 11.6 Å². The monoisotopic (exact) mass is 236 g/mol. The van der Waals surface area contributed by atoms with Gasteiger partial charge in [0, 0.05) is 3.92 Å². The van der Waals surface area contributed by atoms with Crippen LogP contribution < -0.4 is 0 Å². The molecule has 0 aromatic rings. The first-order valence-electron chi connectivity index (χ1n) is 3.63. The van der Waals surface area contributed by atoms with Gasteiger partial charge >= 0.3 is 0 Å². The van der Waals surface area contributed by atoms with Gasteiger partial charge in [-0.1, -0.05) is 34.2 Å². The van der Waals surface area contributed by atoms with Gasteiger partial charge in [-0.25, -0.2) is 0 Å². The van der Waals surface area contributed by atoms with Gasteiger partial charge in [0.15, 0.2) is 0 Å². The average Bonchev–Trinajstić information content (AvgIpc) is 1.90. The first-order valence-corrected chi connectivity index (χ1v) is 4.88. The highest BCUT2D eigenvalue weighted by molar-refractivity contribution is 14.1. The minimum atomic E-state index is 0.767. The second-order valence-corrected chi connectivity index (χ2v) is 4.51. The SMILES string of the molecule is CC(I)C1=CCCCC1. The third-order valence-electron chi connectivity index (χ3n) is 1.84. The average molecular weight is 236 g/mol. The molecule has 1 aliphatic carbocycles. The Balaban J connectivity index is 2.46. The van der Waals surface area contributed by atoms with E-state index in [1.54, 1.807) is 5.57 Å². The van der Waals surface area contributed by atoms with Crippen LogP contribution in [0.25, 0.3) is 0 Å². The second-order valence-electron chi connectivity index (χ2n) is 2.64. The first kappa shape index (κ1) is 7.58. The number of halogens is 1. The van der Waals surface area contributed by atoms with Gasteiger partial charge in [-0.05, 0) is 32.6 Å². The summed E-state index contributed by atoms with van der Waals surface area (Å²) in [5.74, 6) is 0. The molecule has 0 spiro atoms. The minimum Gasteiger partial charge on any atom is -0.0843 e. The van der Waals surface area contributed by atoms with Gasteiger partial charge in [0.2, 0.25) is 0 Å². The van der Waals surface area contributed by atoms with Crippen LogP contribution in [-0.4, -0.2) is 3.92 Å². The lowest BCUT2D eigenvalue weighted by molar-refractivity contribution is 0.691. The summed E-state index contributed by atoms with van der Waals surface area (Å²) < 4.78 is 0.767. The molecular weight excluding hydrogens is 223 g/mol. The Labute approximate surface area is 70.9 Å². The summed E-state index contributed by atoms with van der Waals surface area (Å²) in [5, 5.41) is 0. The molecular formula is C8H13I. The van der Waals surface area contributed by atoms with E-state index in [2.05, 4.69) is 35.6 Å². The van der Waals surface area contributed by atoms with Crippen LogP contribution in [0.5, 0.6) is 0 Å². The van der Waals surface area contributed by atoms with Crippen molar-refractivity contribution in [1.29, 1.82) is 0 Å². The molecule has 0 N–H and O–H groups in total. The minimum absolute atomic E-state index is 0.767. The van der Waals surface area contributed by atoms with E-state index in [1.165, 1.54) is 25.7 Å². The fourth-order valence-corrected chi connectivity index (χ4v) is 1.79. The summed E-state index contributed by atoms with van der Waals surface area (Å²) in [4.78, 5) is 0. The lowest BCUT2D eigenvalue weighted by Crippen LogP contribution is -2.00. The van der Waals surface area contributed by atoms with Crippen molar-refractivity contribution in [3.05, 3.63) is 11.6 Å². The first-order chi connectivity index (χ1) is 4.30. The van der Waals surface area contributed by atoms with Crippen molar-refractivity contribution in [3.63, 3.8) is 0 Å². The molecule has 0 aliphatic heterocycles. The Hall–Kier alpha value is 0.470. The molecule has 0 aromatic heterocycles. The largest absolute Gasteiger partial charge is 0.0843 e. The van der Waals surface area contributed by atoms with Crippen LogP contribution in [0.3, 0.4) is 0 Å². The number of alkyl halides is 1. The summed E-state index contributed by atoms with van der Waals surface area (Å²) >= 11 is 2.49. The van der Waals surface area contributed by atoms with Gasteiger partial charge in [0.05, 0.1) is 0 Å². The number of rotatable bonds is 1. The summed E-state index contributed by atoms with van der Waals surface area (Å²) in [6.07, 6.45) is 7.92. The Morgan fingerprint density at radius 2 is 2.33 bits per heavy atom. The summed E-state index contributed by atoms with van der Waals surface area (Å²) in [7, 11) is 0. The number of hydrogen-bond donors (Lipinski definition) is 0. The quantitative estimate of drug-likeness (QED) is 0.372. The van der Waals surface area contributed by atoms with Gasteiger partial charge in [-0.2, -0.15) is 0 Å². The van der Waals surface area contributed by atoms with Crippen molar-refractivity contribution < 1.29 is 0 Å². The van der Waals surface area contributed by atoms with E-state index in [4.69, 9.17) is 0 Å². The zero-order valence-corrected chi connectivity index (χ0v) is 8.02. The molecule has 9 heavy (non-hydrogen) atoms. The maximum absolute atomic E-state index is 2.49. The third-order valence-corrected chi connectivity index (χ3v) is 2.64. The van der Waals surface area contributed by atoms with E-state index in [1.807, 2.05) is 0 Å². The molecule has 52 valence electrons. The fourth-order valence-electron chi connectivity index (χ4n) is 1.22. The lowest BCUT2D eigenvalue weighted by Gasteiger charge is -2.13. The summed E-state index contributed by atoms with van der Waals surface area (Å²) in [6.45, 7) is 2.28.